The van der Waals surface area contributed by atoms with Crippen molar-refractivity contribution >= 4 is 74.1 Å². The Hall–Kier alpha value is -7.88. The number of benzene rings is 2. The Balaban J connectivity index is 0.643. The molecule has 4 aliphatic heterocycles. The number of ketones is 3. The van der Waals surface area contributed by atoms with Crippen molar-refractivity contribution in [3.05, 3.63) is 119 Å². The van der Waals surface area contributed by atoms with Gasteiger partial charge in [-0.2, -0.15) is 0 Å². The van der Waals surface area contributed by atoms with Gasteiger partial charge in [-0.1, -0.05) is 77.1 Å². The molecule has 2 aromatic carbocycles. The van der Waals surface area contributed by atoms with E-state index >= 15 is 0 Å². The van der Waals surface area contributed by atoms with E-state index < -0.39 is 93.5 Å². The number of aryl methyl sites for hydroxylation is 1. The standard InChI is InChI=1S/C95H140N6O26S2/c1-63-17-13-12-14-18-64(2)82(113-9)59-75-24-20-70(8)95(110,127-75)90(106)92(108)101-33-16-15-19-78(101)93(109)125-83(60-79(102)66(4)54-69(7)88(105)89(115-11)87(104)68(6)53-63)67(5)55-71-21-27-81(84(57-71)114-10)126-94(128)98-31-36-117-39-41-119-43-45-121-47-49-123-51-50-122-48-46-120-44-42-118-40-38-116-35-30-86(103)97-32-52-129(111,112)76-25-26-77(65(3)56-76)91(107)100-34-37-124-80-28-22-72(58-74(80)62-100)73-23-29-85(96)99-61-73/h12-14,17-18,22-23,25-26,28-29,54,56,58,61,63,66-68,70-71,75,78,81-84,88-89,105,110H,15-16,19-21,24,27,30-53,55,57,59-60,62H2,1-11H3,(H2,96,99)(H,97,103)(H,98,128)/b14-12+,17-13+,64-18+,69-54+/t63-,66-,67-,68?,70-,71+,75+,78+,81-,82?,83+,84-,88-,89+,95-/m1/s1. The molecule has 718 valence electrons. The highest BCUT2D eigenvalue weighted by molar-refractivity contribution is 7.91. The first kappa shape index (κ1) is 106. The first-order chi connectivity index (χ1) is 61.9. The summed E-state index contributed by atoms with van der Waals surface area (Å²) in [6, 6.07) is 12.6. The van der Waals surface area contributed by atoms with Gasteiger partial charge in [0.1, 0.15) is 54.4 Å². The number of methoxy groups -OCH3 is 3. The van der Waals surface area contributed by atoms with Crippen LogP contribution in [0.15, 0.2) is 107 Å². The van der Waals surface area contributed by atoms with Gasteiger partial charge in [0.2, 0.25) is 11.7 Å². The number of aliphatic hydroxyl groups excluding tert-OH is 1. The van der Waals surface area contributed by atoms with Gasteiger partial charge in [-0.25, -0.2) is 18.2 Å². The second kappa shape index (κ2) is 55.6. The van der Waals surface area contributed by atoms with E-state index in [1.165, 1.54) is 30.2 Å². The lowest BCUT2D eigenvalue weighted by atomic mass is 9.78. The quantitative estimate of drug-likeness (QED) is 0.0116. The molecule has 0 spiro atoms. The monoisotopic (exact) mass is 1840 g/mol. The molecular weight excluding hydrogens is 1710 g/mol. The van der Waals surface area contributed by atoms with Crippen LogP contribution >= 0.6 is 12.2 Å². The normalized spacial score (nSPS) is 26.7. The van der Waals surface area contributed by atoms with Crippen LogP contribution in [0.1, 0.15) is 153 Å². The number of aromatic nitrogens is 1. The number of rotatable bonds is 40. The molecule has 32 nitrogen and oxygen atoms in total. The number of nitrogens with zero attached hydrogens (tertiary/aromatic N) is 3. The van der Waals surface area contributed by atoms with Crippen LogP contribution in [0.4, 0.5) is 5.82 Å². The molecule has 0 radical (unpaired) electrons. The highest BCUT2D eigenvalue weighted by atomic mass is 32.2. The molecule has 2 bridgehead atoms. The van der Waals surface area contributed by atoms with Crippen LogP contribution in [0.2, 0.25) is 0 Å². The Kier molecular flexibility index (Phi) is 45.9. The number of amides is 3. The zero-order chi connectivity index (χ0) is 93.4. The number of ether oxygens (including phenoxy) is 15. The Morgan fingerprint density at radius 1 is 0.698 bits per heavy atom. The number of hydrogen-bond donors (Lipinski definition) is 5. The predicted octanol–water partition coefficient (Wildman–Crippen LogP) is 9.18. The van der Waals surface area contributed by atoms with E-state index in [9.17, 15) is 52.2 Å². The van der Waals surface area contributed by atoms with E-state index in [0.717, 1.165) is 22.3 Å². The molecule has 1 aliphatic carbocycles. The van der Waals surface area contributed by atoms with Crippen molar-refractivity contribution in [3.63, 3.8) is 0 Å². The Morgan fingerprint density at radius 2 is 1.35 bits per heavy atom. The minimum atomic E-state index is -3.78. The summed E-state index contributed by atoms with van der Waals surface area (Å²) in [5, 5.41) is 29.7. The lowest BCUT2D eigenvalue weighted by molar-refractivity contribution is -0.265. The summed E-state index contributed by atoms with van der Waals surface area (Å²) in [5.41, 5.74) is 10.5. The second-order valence-electron chi connectivity index (χ2n) is 34.1. The van der Waals surface area contributed by atoms with Crippen LogP contribution in [0.5, 0.6) is 5.75 Å². The van der Waals surface area contributed by atoms with Crippen LogP contribution in [0.3, 0.4) is 0 Å². The molecule has 6 N–H and O–H groups in total. The Bertz CT molecular complexity index is 4300. The maximum atomic E-state index is 14.8. The fourth-order valence-electron chi connectivity index (χ4n) is 16.5. The third-order valence-corrected chi connectivity index (χ3v) is 26.2. The van der Waals surface area contributed by atoms with Gasteiger partial charge in [0.15, 0.2) is 15.6 Å². The summed E-state index contributed by atoms with van der Waals surface area (Å²) in [4.78, 5) is 106. The SMILES string of the molecule is COC1C[C@@H]2CC[C@@H](C)[C@@](O)(O2)C(=O)C(=O)N2CCCC[C@H]2C(=O)O[C@H]([C@H](C)C[C@@H]2CC[C@@H](OC(=S)NCCOCCOCCOCCOCCOCCOCCOCCOCCC(=O)NCCS(=O)(=O)c3ccc(C(=O)N4CCOc5ccc(-c6ccc(N)nc6)cc5C4)c(C)c3)[C@H](OC)C2)CC(=O)[C@H](C)/C=C(\C)[C@@H](O)[C@@H](OC)C(=O)C(C)C[C@H](C)/C=C/C=C/C=C/1C. The molecule has 3 amide bonds. The van der Waals surface area contributed by atoms with Crippen molar-refractivity contribution in [2.75, 3.05) is 171 Å². The lowest BCUT2D eigenvalue weighted by Crippen LogP contribution is -2.61. The average Bonchev–Trinajstić information content (AvgIpc) is 1.08. The van der Waals surface area contributed by atoms with E-state index in [0.29, 0.717) is 205 Å². The molecule has 129 heavy (non-hydrogen) atoms. The summed E-state index contributed by atoms with van der Waals surface area (Å²) in [6.07, 6.45) is 12.5. The zero-order valence-corrected chi connectivity index (χ0v) is 78.8. The van der Waals surface area contributed by atoms with E-state index in [1.54, 1.807) is 65.2 Å². The number of aliphatic hydroxyl groups is 2. The van der Waals surface area contributed by atoms with Crippen molar-refractivity contribution in [3.8, 4) is 16.9 Å². The zero-order valence-electron chi connectivity index (χ0n) is 77.1. The molecule has 15 atom stereocenters. The highest BCUT2D eigenvalue weighted by Crippen LogP contribution is 2.39. The van der Waals surface area contributed by atoms with Gasteiger partial charge in [0.25, 0.3) is 22.8 Å². The first-order valence-electron chi connectivity index (χ1n) is 45.4. The number of nitrogens with two attached hydrogens (primary N) is 1. The number of allylic oxidation sites excluding steroid dienone is 6. The summed E-state index contributed by atoms with van der Waals surface area (Å²) >= 11 is 5.61. The number of Topliss-reactive ketones (excluding diaryl/α,β-unsaturated/α-hetero) is 3. The number of piperidine rings is 1. The number of pyridine rings is 1. The van der Waals surface area contributed by atoms with Crippen molar-refractivity contribution in [2.45, 2.75) is 205 Å². The number of cyclic esters (lactones) is 1. The van der Waals surface area contributed by atoms with Crippen LogP contribution in [0.25, 0.3) is 11.1 Å². The van der Waals surface area contributed by atoms with Gasteiger partial charge < -0.3 is 107 Å². The first-order valence-corrected chi connectivity index (χ1v) is 47.4. The third kappa shape index (κ3) is 34.3. The molecule has 3 fully saturated rings. The molecule has 34 heteroatoms. The van der Waals surface area contributed by atoms with Crippen molar-refractivity contribution in [1.82, 2.24) is 25.4 Å². The number of anilines is 1. The van der Waals surface area contributed by atoms with Gasteiger partial charge in [-0.15, -0.1) is 0 Å². The molecular formula is C95H140N6O26S2. The number of carbonyl (C=O) groups is 7. The van der Waals surface area contributed by atoms with Crippen LogP contribution in [-0.4, -0.2) is 300 Å². The van der Waals surface area contributed by atoms with Crippen molar-refractivity contribution < 1.29 is 123 Å². The summed E-state index contributed by atoms with van der Waals surface area (Å²) in [6.45, 7) is 21.1. The topological polar surface area (TPSA) is 402 Å². The second-order valence-corrected chi connectivity index (χ2v) is 36.5. The van der Waals surface area contributed by atoms with Gasteiger partial charge in [0, 0.05) is 107 Å². The van der Waals surface area contributed by atoms with E-state index in [2.05, 4.69) is 15.6 Å². The molecule has 5 aliphatic rings. The predicted molar refractivity (Wildman–Crippen MR) is 486 cm³/mol. The number of nitrogens with one attached hydrogen (secondary N) is 2. The number of sulfone groups is 1. The van der Waals surface area contributed by atoms with Gasteiger partial charge in [0.05, 0.1) is 141 Å². The van der Waals surface area contributed by atoms with Crippen LogP contribution in [0, 0.1) is 42.4 Å². The molecule has 1 aromatic heterocycles. The molecule has 1 saturated carbocycles. The summed E-state index contributed by atoms with van der Waals surface area (Å²) in [7, 11) is 0.773. The summed E-state index contributed by atoms with van der Waals surface area (Å²) in [5.74, 6) is -8.30. The molecule has 5 heterocycles. The van der Waals surface area contributed by atoms with Crippen molar-refractivity contribution in [2.24, 2.45) is 35.5 Å². The van der Waals surface area contributed by atoms with E-state index in [1.807, 2.05) is 82.3 Å². The largest absolute Gasteiger partial charge is 0.491 e. The minimum absolute atomic E-state index is 0.0154. The third-order valence-electron chi connectivity index (χ3n) is 24.2. The average molecular weight is 1850 g/mol. The Morgan fingerprint density at radius 3 is 1.98 bits per heavy atom. The maximum absolute atomic E-state index is 14.8. The number of fused-ring (bicyclic) bond motifs is 4. The van der Waals surface area contributed by atoms with Crippen LogP contribution < -0.4 is 21.1 Å². The van der Waals surface area contributed by atoms with E-state index in [-0.39, 0.29) is 115 Å². The lowest BCUT2D eigenvalue weighted by Gasteiger charge is -2.42. The molecule has 2 unspecified atom stereocenters. The Labute approximate surface area is 766 Å². The number of carbonyl (C=O) groups excluding carboxylic acids is 7. The van der Waals surface area contributed by atoms with Gasteiger partial charge >= 0.3 is 5.97 Å². The minimum Gasteiger partial charge on any atom is -0.491 e. The number of hydrogen-bond acceptors (Lipinski definition) is 29. The highest BCUT2D eigenvalue weighted by Gasteiger charge is 2.53. The maximum Gasteiger partial charge on any atom is 0.329 e. The number of thiocarbonyl (C=S) groups is 1. The fraction of sp³-hybridized carbons (Fsp3) is 0.653. The smallest absolute Gasteiger partial charge is 0.329 e. The van der Waals surface area contributed by atoms with Gasteiger partial charge in [-0.05, 0) is 180 Å². The number of nitrogen functional groups attached to an aromatic ring is 1. The fourth-order valence-corrected chi connectivity index (χ4v) is 18.0. The molecule has 3 aromatic rings. The summed E-state index contributed by atoms with van der Waals surface area (Å²) < 4.78 is 114. The molecule has 2 saturated heterocycles. The van der Waals surface area contributed by atoms with Crippen molar-refractivity contribution in [1.29, 1.82) is 0 Å². The number of esters is 1. The van der Waals surface area contributed by atoms with E-state index in [4.69, 9.17) is 89.0 Å². The molecule has 8 rings (SSSR count). The van der Waals surface area contributed by atoms with Gasteiger partial charge in [-0.3, -0.25) is 28.8 Å². The van der Waals surface area contributed by atoms with Crippen LogP contribution in [-0.2, 0) is 111 Å².